The van der Waals surface area contributed by atoms with Gasteiger partial charge in [0.1, 0.15) is 5.82 Å². The second-order valence-electron chi connectivity index (χ2n) is 11.7. The lowest BCUT2D eigenvalue weighted by molar-refractivity contribution is -0.119. The van der Waals surface area contributed by atoms with Crippen molar-refractivity contribution in [3.63, 3.8) is 0 Å². The van der Waals surface area contributed by atoms with Gasteiger partial charge < -0.3 is 20.9 Å². The number of H-pyrrole nitrogens is 1. The normalized spacial score (nSPS) is 19.2. The number of aryl methyl sites for hydroxylation is 1. The smallest absolute Gasteiger partial charge is 0.251 e. The summed E-state index contributed by atoms with van der Waals surface area (Å²) in [5.41, 5.74) is 5.28. The molecule has 4 N–H and O–H groups in total. The molecule has 1 aliphatic heterocycles. The maximum atomic E-state index is 13.5. The Morgan fingerprint density at radius 3 is 2.42 bits per heavy atom. The Morgan fingerprint density at radius 1 is 1.00 bits per heavy atom. The molecular weight excluding hydrogens is 567 g/mol. The fraction of sp³-hybridized carbons (Fsp3) is 0.216. The van der Waals surface area contributed by atoms with E-state index in [9.17, 15) is 18.8 Å². The van der Waals surface area contributed by atoms with Crippen molar-refractivity contribution in [2.45, 2.75) is 51.0 Å². The molecule has 0 saturated carbocycles. The van der Waals surface area contributed by atoms with Crippen molar-refractivity contribution in [3.05, 3.63) is 130 Å². The lowest BCUT2D eigenvalue weighted by atomic mass is 9.64. The average Bonchev–Trinajstić information content (AvgIpc) is 3.48. The molecule has 3 amide bonds. The summed E-state index contributed by atoms with van der Waals surface area (Å²) >= 11 is 0. The van der Waals surface area contributed by atoms with Crippen LogP contribution in [-0.2, 0) is 15.0 Å². The minimum Gasteiger partial charge on any atom is -0.359 e. The third-order valence-corrected chi connectivity index (χ3v) is 8.75. The van der Waals surface area contributed by atoms with Gasteiger partial charge in [0.25, 0.3) is 5.91 Å². The molecule has 7 nitrogen and oxygen atoms in total. The third-order valence-electron chi connectivity index (χ3n) is 8.75. The molecule has 0 saturated heterocycles. The van der Waals surface area contributed by atoms with Gasteiger partial charge in [-0.1, -0.05) is 67.3 Å². The highest BCUT2D eigenvalue weighted by Gasteiger charge is 2.56. The highest BCUT2D eigenvalue weighted by atomic mass is 19.1. The van der Waals surface area contributed by atoms with Gasteiger partial charge in [0, 0.05) is 28.2 Å². The van der Waals surface area contributed by atoms with Crippen molar-refractivity contribution in [2.75, 3.05) is 10.6 Å². The van der Waals surface area contributed by atoms with Crippen molar-refractivity contribution >= 4 is 29.1 Å². The summed E-state index contributed by atoms with van der Waals surface area (Å²) in [4.78, 5) is 43.0. The maximum Gasteiger partial charge on any atom is 0.251 e. The number of hydrogen-bond acceptors (Lipinski definition) is 3. The first kappa shape index (κ1) is 29.6. The quantitative estimate of drug-likeness (QED) is 0.136. The highest BCUT2D eigenvalue weighted by Crippen LogP contribution is 2.52. The van der Waals surface area contributed by atoms with Gasteiger partial charge in [-0.2, -0.15) is 0 Å². The summed E-state index contributed by atoms with van der Waals surface area (Å²) in [6.45, 7) is 7.62. The first-order chi connectivity index (χ1) is 21.6. The lowest BCUT2D eigenvalue weighted by Gasteiger charge is -2.34. The van der Waals surface area contributed by atoms with Crippen LogP contribution in [0.1, 0.15) is 75.7 Å². The van der Waals surface area contributed by atoms with Crippen LogP contribution in [0.5, 0.6) is 0 Å². The van der Waals surface area contributed by atoms with E-state index in [1.165, 1.54) is 18.2 Å². The number of anilines is 2. The van der Waals surface area contributed by atoms with E-state index < -0.39 is 11.3 Å². The lowest BCUT2D eigenvalue weighted by Crippen LogP contribution is -2.44. The first-order valence-corrected chi connectivity index (χ1v) is 14.9. The number of fused-ring (bicyclic) bond motifs is 2. The number of halogens is 1. The first-order valence-electron chi connectivity index (χ1n) is 14.9. The van der Waals surface area contributed by atoms with Crippen LogP contribution in [0.25, 0.3) is 0 Å². The second kappa shape index (κ2) is 11.6. The number of carbonyl (C=O) groups is 3. The number of benzene rings is 3. The van der Waals surface area contributed by atoms with Crippen LogP contribution >= 0.6 is 0 Å². The second-order valence-corrected chi connectivity index (χ2v) is 11.7. The fourth-order valence-electron chi connectivity index (χ4n) is 6.08. The SMILES string of the molecule is Cc1[nH]c(C2C#CC23C(=O)Nc2ccc(C(=O)NC(C)c4ccc(F)cc4)cc23)c(C)c1NC(=O)/C=C/C(C)c1ccccc1. The van der Waals surface area contributed by atoms with Crippen molar-refractivity contribution in [1.29, 1.82) is 0 Å². The number of aromatic amines is 1. The summed E-state index contributed by atoms with van der Waals surface area (Å²) < 4.78 is 13.4. The summed E-state index contributed by atoms with van der Waals surface area (Å²) in [5, 5.41) is 8.89. The molecule has 0 radical (unpaired) electrons. The predicted molar refractivity (Wildman–Crippen MR) is 172 cm³/mol. The van der Waals surface area contributed by atoms with Gasteiger partial charge in [-0.15, -0.1) is 0 Å². The number of rotatable bonds is 8. The Bertz CT molecular complexity index is 1920. The van der Waals surface area contributed by atoms with E-state index >= 15 is 0 Å². The van der Waals surface area contributed by atoms with Crippen LogP contribution in [0.3, 0.4) is 0 Å². The zero-order valence-corrected chi connectivity index (χ0v) is 25.4. The molecular formula is C37H33FN4O3. The van der Waals surface area contributed by atoms with E-state index in [2.05, 4.69) is 32.8 Å². The molecule has 45 heavy (non-hydrogen) atoms. The van der Waals surface area contributed by atoms with Gasteiger partial charge in [0.15, 0.2) is 5.41 Å². The number of allylic oxidation sites excluding steroid dienone is 1. The van der Waals surface area contributed by atoms with E-state index in [4.69, 9.17) is 0 Å². The number of aromatic nitrogens is 1. The molecule has 8 heteroatoms. The van der Waals surface area contributed by atoms with Crippen LogP contribution in [0.2, 0.25) is 0 Å². The topological polar surface area (TPSA) is 103 Å². The van der Waals surface area contributed by atoms with Crippen molar-refractivity contribution < 1.29 is 18.8 Å². The van der Waals surface area contributed by atoms with Crippen LogP contribution in [0.15, 0.2) is 84.9 Å². The third kappa shape index (κ3) is 5.31. The van der Waals surface area contributed by atoms with Gasteiger partial charge in [0.05, 0.1) is 17.6 Å². The van der Waals surface area contributed by atoms with E-state index in [1.54, 1.807) is 30.3 Å². The van der Waals surface area contributed by atoms with Crippen LogP contribution in [0, 0.1) is 31.5 Å². The minimum absolute atomic E-state index is 0.0742. The molecule has 0 fully saturated rings. The van der Waals surface area contributed by atoms with Crippen molar-refractivity contribution in [2.24, 2.45) is 0 Å². The van der Waals surface area contributed by atoms with E-state index in [0.717, 1.165) is 28.1 Å². The molecule has 6 rings (SSSR count). The summed E-state index contributed by atoms with van der Waals surface area (Å²) in [5.74, 6) is 4.67. The van der Waals surface area contributed by atoms with E-state index in [0.29, 0.717) is 22.5 Å². The van der Waals surface area contributed by atoms with Crippen LogP contribution < -0.4 is 16.0 Å². The van der Waals surface area contributed by atoms with Crippen LogP contribution in [0.4, 0.5) is 15.8 Å². The standard InChI is InChI=1S/C37H33FN4O3/c1-21(25-8-6-5-7-9-25)10-17-32(43)42-33-22(2)34(39-24(33)4)29-18-19-37(29)30-20-27(13-16-31(30)41-36(37)45)35(44)40-23(3)26-11-14-28(38)15-12-26/h5-17,20-21,23,29,39H,1-4H3,(H,40,44)(H,41,45)(H,42,43)/b17-10+. The van der Waals surface area contributed by atoms with Gasteiger partial charge in [0.2, 0.25) is 11.8 Å². The number of amides is 3. The zero-order chi connectivity index (χ0) is 31.9. The van der Waals surface area contributed by atoms with Crippen molar-refractivity contribution in [1.82, 2.24) is 10.3 Å². The minimum atomic E-state index is -1.18. The van der Waals surface area contributed by atoms with Gasteiger partial charge >= 0.3 is 0 Å². The summed E-state index contributed by atoms with van der Waals surface area (Å²) in [6, 6.07) is 20.7. The molecule has 4 atom stereocenters. The summed E-state index contributed by atoms with van der Waals surface area (Å²) in [6.07, 6.45) is 3.40. The summed E-state index contributed by atoms with van der Waals surface area (Å²) in [7, 11) is 0. The molecule has 1 spiro atoms. The molecule has 3 aromatic carbocycles. The van der Waals surface area contributed by atoms with Gasteiger partial charge in [-0.05, 0) is 79.8 Å². The predicted octanol–water partition coefficient (Wildman–Crippen LogP) is 6.55. The number of hydrogen-bond donors (Lipinski definition) is 4. The largest absolute Gasteiger partial charge is 0.359 e. The Balaban J connectivity index is 1.22. The number of carbonyl (C=O) groups excluding carboxylic acids is 3. The molecule has 4 unspecified atom stereocenters. The van der Waals surface area contributed by atoms with Crippen LogP contribution in [-0.4, -0.2) is 22.7 Å². The molecule has 1 aromatic heterocycles. The molecule has 1 aliphatic carbocycles. The fourth-order valence-corrected chi connectivity index (χ4v) is 6.08. The van der Waals surface area contributed by atoms with E-state index in [1.807, 2.05) is 64.1 Å². The molecule has 0 bridgehead atoms. The molecule has 226 valence electrons. The Kier molecular flexibility index (Phi) is 7.63. The number of nitrogens with one attached hydrogen (secondary N) is 4. The monoisotopic (exact) mass is 600 g/mol. The Morgan fingerprint density at radius 2 is 1.73 bits per heavy atom. The molecule has 2 aliphatic rings. The molecule has 4 aromatic rings. The average molecular weight is 601 g/mol. The van der Waals surface area contributed by atoms with E-state index in [-0.39, 0.29) is 35.5 Å². The maximum absolute atomic E-state index is 13.5. The Labute approximate surface area is 261 Å². The zero-order valence-electron chi connectivity index (χ0n) is 25.4. The van der Waals surface area contributed by atoms with Gasteiger partial charge in [-0.3, -0.25) is 14.4 Å². The Hall–Kier alpha value is -5.42. The molecule has 2 heterocycles. The van der Waals surface area contributed by atoms with Crippen molar-refractivity contribution in [3.8, 4) is 11.8 Å². The van der Waals surface area contributed by atoms with Gasteiger partial charge in [-0.25, -0.2) is 4.39 Å². The highest BCUT2D eigenvalue weighted by molar-refractivity contribution is 6.12.